The fourth-order valence-corrected chi connectivity index (χ4v) is 1.57. The Hall–Kier alpha value is -1.20. The van der Waals surface area contributed by atoms with Gasteiger partial charge in [0.15, 0.2) is 0 Å². The van der Waals surface area contributed by atoms with Gasteiger partial charge in [0, 0.05) is 6.54 Å². The van der Waals surface area contributed by atoms with Crippen LogP contribution >= 0.6 is 0 Å². The molecule has 98 valence electrons. The fourth-order valence-electron chi connectivity index (χ4n) is 1.57. The van der Waals surface area contributed by atoms with E-state index in [2.05, 4.69) is 0 Å². The number of hydrogen-bond acceptors (Lipinski definition) is 3. The van der Waals surface area contributed by atoms with Gasteiger partial charge < -0.3 is 14.4 Å². The predicted octanol–water partition coefficient (Wildman–Crippen LogP) is 2.08. The van der Waals surface area contributed by atoms with Crippen molar-refractivity contribution in [1.82, 2.24) is 4.90 Å². The molecule has 0 N–H and O–H groups in total. The van der Waals surface area contributed by atoms with Crippen LogP contribution in [0.15, 0.2) is 0 Å². The maximum absolute atomic E-state index is 13.6. The minimum atomic E-state index is -3.22. The first kappa shape index (κ1) is 13.9. The van der Waals surface area contributed by atoms with Gasteiger partial charge in [0.25, 0.3) is 5.92 Å². The smallest absolute Gasteiger partial charge is 0.410 e. The number of alkyl halides is 2. The molecule has 0 spiro atoms. The Morgan fingerprint density at radius 2 is 1.88 bits per heavy atom. The molecule has 6 heteroatoms. The van der Waals surface area contributed by atoms with Crippen LogP contribution in [-0.2, 0) is 9.53 Å². The van der Waals surface area contributed by atoms with Gasteiger partial charge in [-0.1, -0.05) is 0 Å². The van der Waals surface area contributed by atoms with Crippen molar-refractivity contribution in [3.05, 3.63) is 0 Å². The van der Waals surface area contributed by atoms with Crippen LogP contribution in [0.2, 0.25) is 0 Å². The van der Waals surface area contributed by atoms with Gasteiger partial charge in [-0.15, -0.1) is 0 Å². The molecule has 1 aliphatic heterocycles. The van der Waals surface area contributed by atoms with E-state index in [1.807, 2.05) is 0 Å². The molecule has 1 atom stereocenters. The molecular formula is C11H17F2NO3. The lowest BCUT2D eigenvalue weighted by Gasteiger charge is -2.24. The number of hydrogen-bond donors (Lipinski definition) is 0. The molecule has 17 heavy (non-hydrogen) atoms. The SMILES string of the molecule is CC(C)(C)OC(=O)N1CC(F)(F)C(C)(C=O)C1. The van der Waals surface area contributed by atoms with Crippen LogP contribution < -0.4 is 0 Å². The van der Waals surface area contributed by atoms with Crippen molar-refractivity contribution in [1.29, 1.82) is 0 Å². The van der Waals surface area contributed by atoms with E-state index in [0.29, 0.717) is 0 Å². The molecule has 1 fully saturated rings. The summed E-state index contributed by atoms with van der Waals surface area (Å²) in [7, 11) is 0. The molecule has 1 rings (SSSR count). The zero-order valence-corrected chi connectivity index (χ0v) is 10.4. The maximum atomic E-state index is 13.6. The molecule has 0 bridgehead atoms. The van der Waals surface area contributed by atoms with Gasteiger partial charge in [-0.05, 0) is 27.7 Å². The Bertz CT molecular complexity index is 338. The lowest BCUT2D eigenvalue weighted by atomic mass is 9.88. The number of nitrogens with zero attached hydrogens (tertiary/aromatic N) is 1. The second-order valence-electron chi connectivity index (χ2n) is 5.58. The van der Waals surface area contributed by atoms with Crippen LogP contribution in [0, 0.1) is 5.41 Å². The monoisotopic (exact) mass is 249 g/mol. The highest BCUT2D eigenvalue weighted by Gasteiger charge is 2.59. The third kappa shape index (κ3) is 2.73. The summed E-state index contributed by atoms with van der Waals surface area (Å²) in [6, 6.07) is 0. The summed E-state index contributed by atoms with van der Waals surface area (Å²) < 4.78 is 32.1. The summed E-state index contributed by atoms with van der Waals surface area (Å²) in [5.41, 5.74) is -2.57. The van der Waals surface area contributed by atoms with Crippen molar-refractivity contribution in [2.24, 2.45) is 5.41 Å². The summed E-state index contributed by atoms with van der Waals surface area (Å²) in [5.74, 6) is -3.22. The molecule has 1 heterocycles. The normalized spacial score (nSPS) is 28.0. The first-order valence-corrected chi connectivity index (χ1v) is 5.33. The van der Waals surface area contributed by atoms with Crippen LogP contribution in [-0.4, -0.2) is 41.9 Å². The van der Waals surface area contributed by atoms with E-state index in [0.717, 1.165) is 11.8 Å². The summed E-state index contributed by atoms with van der Waals surface area (Å²) in [5, 5.41) is 0. The number of likely N-dealkylation sites (tertiary alicyclic amines) is 1. The number of rotatable bonds is 1. The summed E-state index contributed by atoms with van der Waals surface area (Å²) in [6.07, 6.45) is -0.611. The van der Waals surface area contributed by atoms with Crippen LogP contribution in [0.1, 0.15) is 27.7 Å². The molecule has 1 aliphatic rings. The van der Waals surface area contributed by atoms with Gasteiger partial charge in [-0.2, -0.15) is 0 Å². The lowest BCUT2D eigenvalue weighted by Crippen LogP contribution is -2.38. The van der Waals surface area contributed by atoms with Gasteiger partial charge in [-0.3, -0.25) is 0 Å². The average molecular weight is 249 g/mol. The average Bonchev–Trinajstić information content (AvgIpc) is 2.36. The van der Waals surface area contributed by atoms with Crippen molar-refractivity contribution in [2.45, 2.75) is 39.2 Å². The minimum absolute atomic E-state index is 0.206. The highest BCUT2D eigenvalue weighted by atomic mass is 19.3. The Morgan fingerprint density at radius 1 is 1.35 bits per heavy atom. The standard InChI is InChI=1S/C11H17F2NO3/c1-9(2,3)17-8(16)14-5-10(4,7-15)11(12,13)6-14/h7H,5-6H2,1-4H3. The van der Waals surface area contributed by atoms with E-state index in [1.54, 1.807) is 20.8 Å². The van der Waals surface area contributed by atoms with E-state index in [-0.39, 0.29) is 12.8 Å². The van der Waals surface area contributed by atoms with E-state index in [9.17, 15) is 18.4 Å². The maximum Gasteiger partial charge on any atom is 0.410 e. The molecule has 1 unspecified atom stereocenters. The third-order valence-electron chi connectivity index (χ3n) is 2.66. The van der Waals surface area contributed by atoms with Crippen LogP contribution in [0.4, 0.5) is 13.6 Å². The van der Waals surface area contributed by atoms with Crippen LogP contribution in [0.5, 0.6) is 0 Å². The van der Waals surface area contributed by atoms with Crippen molar-refractivity contribution in [3.8, 4) is 0 Å². The second-order valence-corrected chi connectivity index (χ2v) is 5.58. The van der Waals surface area contributed by atoms with Gasteiger partial charge in [0.1, 0.15) is 17.3 Å². The Morgan fingerprint density at radius 3 is 2.24 bits per heavy atom. The van der Waals surface area contributed by atoms with E-state index >= 15 is 0 Å². The van der Waals surface area contributed by atoms with Crippen molar-refractivity contribution in [2.75, 3.05) is 13.1 Å². The Labute approximate surface area is 98.9 Å². The zero-order chi connectivity index (χ0) is 13.5. The van der Waals surface area contributed by atoms with Crippen molar-refractivity contribution < 1.29 is 23.1 Å². The first-order valence-electron chi connectivity index (χ1n) is 5.33. The number of halogens is 2. The van der Waals surface area contributed by atoms with Crippen LogP contribution in [0.3, 0.4) is 0 Å². The molecule has 1 amide bonds. The fraction of sp³-hybridized carbons (Fsp3) is 0.818. The third-order valence-corrected chi connectivity index (χ3v) is 2.66. The van der Waals surface area contributed by atoms with Gasteiger partial charge >= 0.3 is 6.09 Å². The Balaban J connectivity index is 2.79. The Kier molecular flexibility index (Phi) is 3.20. The summed E-state index contributed by atoms with van der Waals surface area (Å²) in [6.45, 7) is 4.99. The predicted molar refractivity (Wildman–Crippen MR) is 56.9 cm³/mol. The van der Waals surface area contributed by atoms with E-state index in [1.165, 1.54) is 0 Å². The highest BCUT2D eigenvalue weighted by Crippen LogP contribution is 2.42. The summed E-state index contributed by atoms with van der Waals surface area (Å²) >= 11 is 0. The second kappa shape index (κ2) is 3.92. The number of carbonyl (C=O) groups is 2. The molecule has 1 saturated heterocycles. The first-order chi connectivity index (χ1) is 7.51. The highest BCUT2D eigenvalue weighted by molar-refractivity contribution is 5.72. The molecule has 0 radical (unpaired) electrons. The molecule has 0 saturated carbocycles. The quantitative estimate of drug-likeness (QED) is 0.668. The molecule has 0 aliphatic carbocycles. The van der Waals surface area contributed by atoms with E-state index in [4.69, 9.17) is 4.74 Å². The van der Waals surface area contributed by atoms with Crippen LogP contribution in [0.25, 0.3) is 0 Å². The number of carbonyl (C=O) groups excluding carboxylic acids is 2. The topological polar surface area (TPSA) is 46.6 Å². The lowest BCUT2D eigenvalue weighted by molar-refractivity contribution is -0.132. The largest absolute Gasteiger partial charge is 0.444 e. The zero-order valence-electron chi connectivity index (χ0n) is 10.4. The van der Waals surface area contributed by atoms with Gasteiger partial charge in [0.2, 0.25) is 0 Å². The molecule has 0 aromatic heterocycles. The van der Waals surface area contributed by atoms with Crippen molar-refractivity contribution >= 4 is 12.4 Å². The minimum Gasteiger partial charge on any atom is -0.444 e. The number of aldehydes is 1. The van der Waals surface area contributed by atoms with Gasteiger partial charge in [0.05, 0.1) is 6.54 Å². The molecular weight excluding hydrogens is 232 g/mol. The molecule has 0 aromatic rings. The molecule has 4 nitrogen and oxygen atoms in total. The number of ether oxygens (including phenoxy) is 1. The van der Waals surface area contributed by atoms with E-state index < -0.39 is 29.6 Å². The number of amides is 1. The molecule has 0 aromatic carbocycles. The van der Waals surface area contributed by atoms with Gasteiger partial charge in [-0.25, -0.2) is 13.6 Å². The van der Waals surface area contributed by atoms with Crippen molar-refractivity contribution in [3.63, 3.8) is 0 Å². The summed E-state index contributed by atoms with van der Waals surface area (Å²) in [4.78, 5) is 23.2.